The number of esters is 3. The molecule has 0 radical (unpaired) electrons. The van der Waals surface area contributed by atoms with Crippen LogP contribution in [-0.4, -0.2) is 37.2 Å². The van der Waals surface area contributed by atoms with Crippen LogP contribution >= 0.6 is 0 Å². The van der Waals surface area contributed by atoms with Crippen LogP contribution in [0.5, 0.6) is 0 Å². The fourth-order valence-electron chi connectivity index (χ4n) is 8.62. The summed E-state index contributed by atoms with van der Waals surface area (Å²) in [6, 6.07) is 0. The van der Waals surface area contributed by atoms with Crippen LogP contribution in [0.4, 0.5) is 0 Å². The van der Waals surface area contributed by atoms with Crippen LogP contribution in [0.1, 0.15) is 323 Å². The van der Waals surface area contributed by atoms with Gasteiger partial charge in [0.1, 0.15) is 13.2 Å². The molecule has 0 aliphatic rings. The second-order valence-electron chi connectivity index (χ2n) is 19.2. The third kappa shape index (κ3) is 49.4. The van der Waals surface area contributed by atoms with Crippen molar-refractivity contribution in [2.75, 3.05) is 13.2 Å². The first kappa shape index (κ1) is 60.4. The Hall–Kier alpha value is -1.59. The average Bonchev–Trinajstić information content (AvgIpc) is 3.27. The minimum Gasteiger partial charge on any atom is -0.462 e. The van der Waals surface area contributed by atoms with Crippen LogP contribution in [-0.2, 0) is 28.6 Å². The summed E-state index contributed by atoms with van der Waals surface area (Å²) >= 11 is 0. The van der Waals surface area contributed by atoms with E-state index in [0.717, 1.165) is 57.8 Å². The Kier molecular flexibility index (Phi) is 50.7. The molecular weight excluding hydrogens is 769 g/mol. The lowest BCUT2D eigenvalue weighted by atomic mass is 10.0. The summed E-state index contributed by atoms with van der Waals surface area (Å²) < 4.78 is 16.9. The molecule has 0 saturated carbocycles. The van der Waals surface area contributed by atoms with E-state index in [9.17, 15) is 14.4 Å². The highest BCUT2D eigenvalue weighted by molar-refractivity contribution is 5.71. The molecule has 0 fully saturated rings. The van der Waals surface area contributed by atoms with Gasteiger partial charge in [0, 0.05) is 19.3 Å². The summed E-state index contributed by atoms with van der Waals surface area (Å²) in [4.78, 5) is 38.0. The molecule has 0 unspecified atom stereocenters. The largest absolute Gasteiger partial charge is 0.462 e. The van der Waals surface area contributed by atoms with E-state index < -0.39 is 6.10 Å². The number of hydrogen-bond donors (Lipinski definition) is 0. The summed E-state index contributed by atoms with van der Waals surface area (Å²) in [6.07, 6.45) is 56.6. The predicted molar refractivity (Wildman–Crippen MR) is 266 cm³/mol. The van der Waals surface area contributed by atoms with Crippen molar-refractivity contribution in [3.63, 3.8) is 0 Å². The zero-order valence-electron chi connectivity index (χ0n) is 42.2. The number of ether oxygens (including phenoxy) is 3. The Morgan fingerprint density at radius 3 is 0.645 bits per heavy atom. The molecule has 0 aromatic heterocycles. The molecule has 0 N–H and O–H groups in total. The third-order valence-electron chi connectivity index (χ3n) is 12.9. The van der Waals surface area contributed by atoms with Crippen molar-refractivity contribution in [3.8, 4) is 0 Å². The predicted octanol–water partition coefficient (Wildman–Crippen LogP) is 18.4. The smallest absolute Gasteiger partial charge is 0.306 e. The Morgan fingerprint density at radius 2 is 0.435 bits per heavy atom. The van der Waals surface area contributed by atoms with E-state index in [1.54, 1.807) is 0 Å². The number of hydrogen-bond acceptors (Lipinski definition) is 6. The Balaban J connectivity index is 4.26. The van der Waals surface area contributed by atoms with Gasteiger partial charge in [-0.15, -0.1) is 0 Å². The molecule has 368 valence electrons. The summed E-state index contributed by atoms with van der Waals surface area (Å²) in [5.74, 6) is -0.836. The van der Waals surface area contributed by atoms with Crippen LogP contribution in [0.25, 0.3) is 0 Å². The van der Waals surface area contributed by atoms with Gasteiger partial charge in [-0.2, -0.15) is 0 Å². The topological polar surface area (TPSA) is 78.9 Å². The SMILES string of the molecule is CCCCCCCCCCCCCCCCCCCCCC(=O)O[C@@H](COC(=O)CCCCCCCCCCCCCC)COC(=O)CCCCCCCCCCCCCCC. The molecule has 0 amide bonds. The first-order valence-corrected chi connectivity index (χ1v) is 28.0. The maximum atomic E-state index is 12.8. The highest BCUT2D eigenvalue weighted by Crippen LogP contribution is 2.17. The normalized spacial score (nSPS) is 11.9. The zero-order chi connectivity index (χ0) is 45.1. The lowest BCUT2D eigenvalue weighted by Gasteiger charge is -2.18. The van der Waals surface area contributed by atoms with E-state index in [-0.39, 0.29) is 31.1 Å². The van der Waals surface area contributed by atoms with Crippen molar-refractivity contribution < 1.29 is 28.6 Å². The number of rotatable bonds is 52. The van der Waals surface area contributed by atoms with Gasteiger partial charge in [-0.1, -0.05) is 284 Å². The maximum Gasteiger partial charge on any atom is 0.306 e. The molecule has 0 aliphatic heterocycles. The number of carbonyl (C=O) groups is 3. The van der Waals surface area contributed by atoms with E-state index in [1.807, 2.05) is 0 Å². The van der Waals surface area contributed by atoms with Gasteiger partial charge in [-0.05, 0) is 19.3 Å². The summed E-state index contributed by atoms with van der Waals surface area (Å²) in [5, 5.41) is 0. The Bertz CT molecular complexity index is 920. The van der Waals surface area contributed by atoms with E-state index in [4.69, 9.17) is 14.2 Å². The third-order valence-corrected chi connectivity index (χ3v) is 12.9. The van der Waals surface area contributed by atoms with Crippen LogP contribution in [0.2, 0.25) is 0 Å². The summed E-state index contributed by atoms with van der Waals surface area (Å²) in [6.45, 7) is 6.69. The molecule has 0 saturated heterocycles. The minimum absolute atomic E-state index is 0.0614. The highest BCUT2D eigenvalue weighted by Gasteiger charge is 2.19. The van der Waals surface area contributed by atoms with E-state index in [0.29, 0.717) is 19.3 Å². The van der Waals surface area contributed by atoms with Gasteiger partial charge in [0.05, 0.1) is 0 Å². The molecule has 0 spiro atoms. The van der Waals surface area contributed by atoms with Crippen molar-refractivity contribution in [2.24, 2.45) is 0 Å². The summed E-state index contributed by atoms with van der Waals surface area (Å²) in [7, 11) is 0. The Labute approximate surface area is 387 Å². The molecular formula is C56H108O6. The van der Waals surface area contributed by atoms with Gasteiger partial charge in [0.2, 0.25) is 0 Å². The van der Waals surface area contributed by atoms with Crippen molar-refractivity contribution in [1.29, 1.82) is 0 Å². The average molecular weight is 877 g/mol. The lowest BCUT2D eigenvalue weighted by molar-refractivity contribution is -0.167. The molecule has 0 aliphatic carbocycles. The first-order valence-electron chi connectivity index (χ1n) is 28.0. The van der Waals surface area contributed by atoms with Gasteiger partial charge in [-0.3, -0.25) is 14.4 Å². The lowest BCUT2D eigenvalue weighted by Crippen LogP contribution is -2.30. The highest BCUT2D eigenvalue weighted by atomic mass is 16.6. The maximum absolute atomic E-state index is 12.8. The Morgan fingerprint density at radius 1 is 0.258 bits per heavy atom. The molecule has 0 aromatic carbocycles. The van der Waals surface area contributed by atoms with Gasteiger partial charge < -0.3 is 14.2 Å². The first-order chi connectivity index (χ1) is 30.5. The summed E-state index contributed by atoms with van der Waals surface area (Å²) in [5.41, 5.74) is 0. The van der Waals surface area contributed by atoms with Gasteiger partial charge >= 0.3 is 17.9 Å². The molecule has 1 atom stereocenters. The van der Waals surface area contributed by atoms with Gasteiger partial charge in [0.15, 0.2) is 6.10 Å². The van der Waals surface area contributed by atoms with Crippen molar-refractivity contribution in [1.82, 2.24) is 0 Å². The monoisotopic (exact) mass is 877 g/mol. The van der Waals surface area contributed by atoms with E-state index >= 15 is 0 Å². The minimum atomic E-state index is -0.760. The van der Waals surface area contributed by atoms with Gasteiger partial charge in [-0.25, -0.2) is 0 Å². The molecule has 6 heteroatoms. The van der Waals surface area contributed by atoms with Crippen LogP contribution in [0.3, 0.4) is 0 Å². The standard InChI is InChI=1S/C56H108O6/c1-4-7-10-13-16-19-22-25-26-27-28-29-30-32-35-38-41-44-47-50-56(59)62-53(51-60-54(57)48-45-42-39-36-33-24-21-18-15-12-9-6-3)52-61-55(58)49-46-43-40-37-34-31-23-20-17-14-11-8-5-2/h53H,4-52H2,1-3H3/t53-/m0/s1. The fourth-order valence-corrected chi connectivity index (χ4v) is 8.62. The van der Waals surface area contributed by atoms with E-state index in [2.05, 4.69) is 20.8 Å². The molecule has 0 aromatic rings. The fraction of sp³-hybridized carbons (Fsp3) is 0.946. The van der Waals surface area contributed by atoms with Crippen LogP contribution in [0.15, 0.2) is 0 Å². The van der Waals surface area contributed by atoms with Gasteiger partial charge in [0.25, 0.3) is 0 Å². The number of carbonyl (C=O) groups excluding carboxylic acids is 3. The van der Waals surface area contributed by atoms with Crippen LogP contribution < -0.4 is 0 Å². The second kappa shape index (κ2) is 52.0. The number of unbranched alkanes of at least 4 members (excludes halogenated alkanes) is 41. The molecule has 0 rings (SSSR count). The van der Waals surface area contributed by atoms with Crippen LogP contribution in [0, 0.1) is 0 Å². The molecule has 6 nitrogen and oxygen atoms in total. The van der Waals surface area contributed by atoms with E-state index in [1.165, 1.54) is 225 Å². The molecule has 0 heterocycles. The molecule has 0 bridgehead atoms. The zero-order valence-corrected chi connectivity index (χ0v) is 42.2. The molecule has 62 heavy (non-hydrogen) atoms. The quantitative estimate of drug-likeness (QED) is 0.0344. The second-order valence-corrected chi connectivity index (χ2v) is 19.2. The van der Waals surface area contributed by atoms with Crippen molar-refractivity contribution in [3.05, 3.63) is 0 Å². The van der Waals surface area contributed by atoms with Crippen molar-refractivity contribution >= 4 is 17.9 Å². The van der Waals surface area contributed by atoms with Crippen molar-refractivity contribution in [2.45, 2.75) is 329 Å².